The maximum atomic E-state index is 13.6. The van der Waals surface area contributed by atoms with Crippen LogP contribution in [-0.2, 0) is 40.0 Å². The monoisotopic (exact) mass is 749 g/mol. The van der Waals surface area contributed by atoms with Crippen LogP contribution in [-0.4, -0.2) is 114 Å². The van der Waals surface area contributed by atoms with Crippen molar-refractivity contribution in [1.29, 1.82) is 0 Å². The molecule has 0 aliphatic carbocycles. The van der Waals surface area contributed by atoms with Gasteiger partial charge in [-0.1, -0.05) is 50.6 Å². The summed E-state index contributed by atoms with van der Waals surface area (Å²) in [5, 5.41) is 34.3. The van der Waals surface area contributed by atoms with E-state index in [2.05, 4.69) is 31.9 Å². The molecule has 0 bridgehead atoms. The number of carboxylic acid groups (broad SMARTS) is 1. The average Bonchev–Trinajstić information content (AvgIpc) is 3.10. The molecule has 14 N–H and O–H groups in total. The highest BCUT2D eigenvalue weighted by molar-refractivity contribution is 5.96. The number of unbranched alkanes of at least 4 members (excludes halogenated alkanes) is 2. The number of rotatable bonds is 26. The Hall–Kier alpha value is -4.65. The second-order valence-electron chi connectivity index (χ2n) is 13.3. The molecule has 0 aliphatic heterocycles. The quantitative estimate of drug-likeness (QED) is 0.0438. The number of benzene rings is 1. The van der Waals surface area contributed by atoms with Crippen LogP contribution in [0.3, 0.4) is 0 Å². The summed E-state index contributed by atoms with van der Waals surface area (Å²) in [6, 6.07) is 2.78. The number of hydrogen-bond donors (Lipinski definition) is 11. The van der Waals surface area contributed by atoms with Gasteiger partial charge in [0.1, 0.15) is 30.7 Å². The largest absolute Gasteiger partial charge is 0.480 e. The molecule has 18 nitrogen and oxygen atoms in total. The van der Waals surface area contributed by atoms with Gasteiger partial charge in [-0.2, -0.15) is 0 Å². The molecule has 0 saturated heterocycles. The van der Waals surface area contributed by atoms with Crippen molar-refractivity contribution in [3.63, 3.8) is 0 Å². The predicted molar refractivity (Wildman–Crippen MR) is 196 cm³/mol. The summed E-state index contributed by atoms with van der Waals surface area (Å²) in [5.74, 6) is -5.76. The van der Waals surface area contributed by atoms with Crippen LogP contribution < -0.4 is 49.1 Å². The molecule has 0 saturated carbocycles. The molecule has 0 spiro atoms. The van der Waals surface area contributed by atoms with Gasteiger partial charge >= 0.3 is 5.97 Å². The summed E-state index contributed by atoms with van der Waals surface area (Å²) >= 11 is 0. The Balaban J connectivity index is 3.11. The smallest absolute Gasteiger partial charge is 0.322 e. The van der Waals surface area contributed by atoms with Gasteiger partial charge in [-0.3, -0.25) is 33.6 Å². The van der Waals surface area contributed by atoms with Gasteiger partial charge in [0.05, 0.1) is 18.7 Å². The van der Waals surface area contributed by atoms with Gasteiger partial charge in [-0.25, -0.2) is 0 Å². The number of carboxylic acids is 1. The minimum absolute atomic E-state index is 0.0338. The van der Waals surface area contributed by atoms with E-state index in [4.69, 9.17) is 22.3 Å². The highest BCUT2D eigenvalue weighted by Gasteiger charge is 2.33. The second kappa shape index (κ2) is 25.3. The minimum Gasteiger partial charge on any atom is -0.480 e. The van der Waals surface area contributed by atoms with Crippen molar-refractivity contribution in [2.24, 2.45) is 23.1 Å². The van der Waals surface area contributed by atoms with Crippen molar-refractivity contribution in [2.45, 2.75) is 108 Å². The SMILES string of the molecule is CC(C)C[C@H](NC(=O)[C@@H](N)CCCCN)C(=O)N[C@H](C(=O)N[C@@H](Cc1ccccc1)C(=O)NCC(=O)N[C@@H](CCCCN)C(=O)NCC(=O)O)[C@@H](C)O. The van der Waals surface area contributed by atoms with Crippen LogP contribution in [0.2, 0.25) is 0 Å². The van der Waals surface area contributed by atoms with E-state index in [1.54, 1.807) is 30.3 Å². The fraction of sp³-hybridized carbons (Fsp3) is 0.629. The fourth-order valence-electron chi connectivity index (χ4n) is 5.18. The highest BCUT2D eigenvalue weighted by Crippen LogP contribution is 2.09. The van der Waals surface area contributed by atoms with E-state index in [-0.39, 0.29) is 25.2 Å². The van der Waals surface area contributed by atoms with Crippen LogP contribution in [0.15, 0.2) is 30.3 Å². The van der Waals surface area contributed by atoms with Crippen LogP contribution in [0.4, 0.5) is 0 Å². The van der Waals surface area contributed by atoms with E-state index in [1.807, 2.05) is 13.8 Å². The van der Waals surface area contributed by atoms with Crippen LogP contribution in [0.5, 0.6) is 0 Å². The molecule has 0 aliphatic rings. The Morgan fingerprint density at radius 3 is 1.79 bits per heavy atom. The molecule has 298 valence electrons. The van der Waals surface area contributed by atoms with E-state index in [0.717, 1.165) is 0 Å². The number of nitrogens with two attached hydrogens (primary N) is 3. The Bertz CT molecular complexity index is 1330. The van der Waals surface area contributed by atoms with Gasteiger partial charge in [0.25, 0.3) is 0 Å². The maximum absolute atomic E-state index is 13.6. The van der Waals surface area contributed by atoms with Crippen LogP contribution in [0, 0.1) is 5.92 Å². The van der Waals surface area contributed by atoms with Gasteiger partial charge in [-0.05, 0) is 70.0 Å². The van der Waals surface area contributed by atoms with Gasteiger partial charge in [-0.15, -0.1) is 0 Å². The Kier molecular flexibility index (Phi) is 22.2. The molecule has 0 radical (unpaired) electrons. The minimum atomic E-state index is -1.54. The zero-order valence-corrected chi connectivity index (χ0v) is 30.9. The van der Waals surface area contributed by atoms with E-state index >= 15 is 0 Å². The van der Waals surface area contributed by atoms with Crippen LogP contribution >= 0.6 is 0 Å². The summed E-state index contributed by atoms with van der Waals surface area (Å²) in [6.07, 6.45) is 1.61. The molecule has 18 heteroatoms. The zero-order valence-electron chi connectivity index (χ0n) is 30.9. The fourth-order valence-corrected chi connectivity index (χ4v) is 5.18. The molecule has 0 heterocycles. The molecule has 0 fully saturated rings. The van der Waals surface area contributed by atoms with Crippen molar-refractivity contribution >= 4 is 41.4 Å². The summed E-state index contributed by atoms with van der Waals surface area (Å²) in [4.78, 5) is 89.5. The van der Waals surface area contributed by atoms with Crippen LogP contribution in [0.1, 0.15) is 71.3 Å². The topological polar surface area (TPSA) is 310 Å². The number of amides is 6. The molecule has 0 aromatic heterocycles. The third-order valence-corrected chi connectivity index (χ3v) is 8.06. The first kappa shape index (κ1) is 46.4. The molecule has 1 rings (SSSR count). The van der Waals surface area contributed by atoms with Gasteiger partial charge in [0, 0.05) is 6.42 Å². The Morgan fingerprint density at radius 1 is 0.660 bits per heavy atom. The highest BCUT2D eigenvalue weighted by atomic mass is 16.4. The normalized spacial score (nSPS) is 14.4. The first-order valence-corrected chi connectivity index (χ1v) is 17.9. The van der Waals surface area contributed by atoms with Crippen LogP contribution in [0.25, 0.3) is 0 Å². The first-order chi connectivity index (χ1) is 25.1. The lowest BCUT2D eigenvalue weighted by atomic mass is 10.0. The zero-order chi connectivity index (χ0) is 39.9. The third-order valence-electron chi connectivity index (χ3n) is 8.06. The van der Waals surface area contributed by atoms with Crippen molar-refractivity contribution in [3.8, 4) is 0 Å². The van der Waals surface area contributed by atoms with Gasteiger partial charge in [0.2, 0.25) is 35.4 Å². The lowest BCUT2D eigenvalue weighted by molar-refractivity contribution is -0.138. The molecule has 1 aromatic carbocycles. The predicted octanol–water partition coefficient (Wildman–Crippen LogP) is -2.50. The molecule has 6 atom stereocenters. The number of hydrogen-bond acceptors (Lipinski definition) is 11. The molecule has 0 unspecified atom stereocenters. The number of nitrogens with one attached hydrogen (secondary N) is 6. The van der Waals surface area contributed by atoms with Gasteiger partial charge in [0.15, 0.2) is 0 Å². The summed E-state index contributed by atoms with van der Waals surface area (Å²) in [5.41, 5.74) is 17.7. The number of carbonyl (C=O) groups is 7. The molecule has 1 aromatic rings. The summed E-state index contributed by atoms with van der Waals surface area (Å²) in [7, 11) is 0. The summed E-state index contributed by atoms with van der Waals surface area (Å²) < 4.78 is 0. The number of aliphatic carboxylic acids is 1. The lowest BCUT2D eigenvalue weighted by Gasteiger charge is -2.28. The maximum Gasteiger partial charge on any atom is 0.322 e. The van der Waals surface area contributed by atoms with Gasteiger partial charge < -0.3 is 59.3 Å². The second-order valence-corrected chi connectivity index (χ2v) is 13.3. The summed E-state index contributed by atoms with van der Waals surface area (Å²) in [6.45, 7) is 4.52. The van der Waals surface area contributed by atoms with E-state index < -0.39 is 90.8 Å². The number of aliphatic hydroxyl groups is 1. The van der Waals surface area contributed by atoms with Crippen molar-refractivity contribution < 1.29 is 43.8 Å². The van der Waals surface area contributed by atoms with E-state index in [9.17, 15) is 38.7 Å². The average molecular weight is 750 g/mol. The third kappa shape index (κ3) is 19.1. The Labute approximate surface area is 310 Å². The molecule has 6 amide bonds. The Morgan fingerprint density at radius 2 is 1.23 bits per heavy atom. The molecular weight excluding hydrogens is 690 g/mol. The number of aliphatic hydroxyl groups excluding tert-OH is 1. The molecule has 53 heavy (non-hydrogen) atoms. The molecular formula is C35H59N9O9. The van der Waals surface area contributed by atoms with Crippen molar-refractivity contribution in [3.05, 3.63) is 35.9 Å². The first-order valence-electron chi connectivity index (χ1n) is 17.9. The van der Waals surface area contributed by atoms with Crippen molar-refractivity contribution in [1.82, 2.24) is 31.9 Å². The number of carbonyl (C=O) groups excluding carboxylic acids is 6. The van der Waals surface area contributed by atoms with E-state index in [1.165, 1.54) is 6.92 Å². The van der Waals surface area contributed by atoms with Crippen molar-refractivity contribution in [2.75, 3.05) is 26.2 Å². The standard InChI is InChI=1S/C35H59N9O9/c1-21(2)17-26(42-31(49)24(38)13-7-9-15-36)34(52)44-30(22(3)45)35(53)43-27(18-23-11-5-4-6-12-23)33(51)39-19-28(46)41-25(14-8-10-16-37)32(50)40-20-29(47)48/h4-6,11-12,21-22,24-27,30,45H,7-10,13-20,36-38H2,1-3H3,(H,39,51)(H,40,50)(H,41,46)(H,42,49)(H,43,53)(H,44,52)(H,47,48)/t22-,24+,25+,26+,27+,30+/m1/s1. The lowest BCUT2D eigenvalue weighted by Crippen LogP contribution is -2.61. The van der Waals surface area contributed by atoms with E-state index in [0.29, 0.717) is 50.8 Å².